The van der Waals surface area contributed by atoms with E-state index in [2.05, 4.69) is 0 Å². The maximum atomic E-state index is 11.3. The van der Waals surface area contributed by atoms with Crippen molar-refractivity contribution in [1.29, 1.82) is 0 Å². The molecule has 0 unspecified atom stereocenters. The molecule has 0 fully saturated rings. The zero-order chi connectivity index (χ0) is 11.4. The van der Waals surface area contributed by atoms with Gasteiger partial charge in [0.15, 0.2) is 5.78 Å². The van der Waals surface area contributed by atoms with Crippen LogP contribution in [0.5, 0.6) is 5.75 Å². The van der Waals surface area contributed by atoms with Crippen LogP contribution in [0, 0.1) is 5.92 Å². The third-order valence-corrected chi connectivity index (χ3v) is 2.44. The Morgan fingerprint density at radius 1 is 1.40 bits per heavy atom. The second-order valence-corrected chi connectivity index (χ2v) is 4.33. The quantitative estimate of drug-likeness (QED) is 0.812. The first-order valence-electron chi connectivity index (χ1n) is 4.61. The lowest BCUT2D eigenvalue weighted by atomic mass is 10.1. The standard InChI is InChI=1S/C11H12Cl2O2/c1-7(2)10(14)6-15-11-4-3-8(12)5-9(11)13/h3-5,7H,6H2,1-2H3. The summed E-state index contributed by atoms with van der Waals surface area (Å²) in [5.41, 5.74) is 0. The molecule has 1 aromatic rings. The molecule has 0 atom stereocenters. The fourth-order valence-corrected chi connectivity index (χ4v) is 1.37. The van der Waals surface area contributed by atoms with Gasteiger partial charge in [-0.1, -0.05) is 37.0 Å². The maximum Gasteiger partial charge on any atom is 0.172 e. The van der Waals surface area contributed by atoms with Crippen molar-refractivity contribution in [3.8, 4) is 5.75 Å². The van der Waals surface area contributed by atoms with Crippen molar-refractivity contribution in [3.05, 3.63) is 28.2 Å². The van der Waals surface area contributed by atoms with E-state index in [0.717, 1.165) is 0 Å². The van der Waals surface area contributed by atoms with Crippen LogP contribution in [-0.4, -0.2) is 12.4 Å². The third kappa shape index (κ3) is 3.73. The molecule has 0 bridgehead atoms. The molecule has 15 heavy (non-hydrogen) atoms. The molecule has 2 nitrogen and oxygen atoms in total. The molecule has 0 aliphatic carbocycles. The highest BCUT2D eigenvalue weighted by Gasteiger charge is 2.09. The molecule has 1 aromatic carbocycles. The number of Topliss-reactive ketones (excluding diaryl/α,β-unsaturated/α-hetero) is 1. The van der Waals surface area contributed by atoms with Gasteiger partial charge in [-0.05, 0) is 18.2 Å². The molecule has 4 heteroatoms. The summed E-state index contributed by atoms with van der Waals surface area (Å²) in [7, 11) is 0. The molecule has 0 amide bonds. The third-order valence-electron chi connectivity index (χ3n) is 1.91. The van der Waals surface area contributed by atoms with Crippen molar-refractivity contribution in [1.82, 2.24) is 0 Å². The largest absolute Gasteiger partial charge is 0.484 e. The minimum absolute atomic E-state index is 0.0314. The van der Waals surface area contributed by atoms with E-state index in [1.54, 1.807) is 18.2 Å². The van der Waals surface area contributed by atoms with Gasteiger partial charge in [0.2, 0.25) is 0 Å². The first-order valence-corrected chi connectivity index (χ1v) is 5.37. The molecule has 0 aromatic heterocycles. The van der Waals surface area contributed by atoms with Crippen molar-refractivity contribution in [2.45, 2.75) is 13.8 Å². The van der Waals surface area contributed by atoms with E-state index in [1.807, 2.05) is 13.8 Å². The zero-order valence-corrected chi connectivity index (χ0v) is 10.1. The number of hydrogen-bond donors (Lipinski definition) is 0. The van der Waals surface area contributed by atoms with Crippen LogP contribution in [0.1, 0.15) is 13.8 Å². The highest BCUT2D eigenvalue weighted by Crippen LogP contribution is 2.27. The summed E-state index contributed by atoms with van der Waals surface area (Å²) >= 11 is 11.6. The van der Waals surface area contributed by atoms with Crippen molar-refractivity contribution >= 4 is 29.0 Å². The van der Waals surface area contributed by atoms with E-state index in [1.165, 1.54) is 0 Å². The minimum Gasteiger partial charge on any atom is -0.484 e. The molecule has 0 N–H and O–H groups in total. The number of benzene rings is 1. The summed E-state index contributed by atoms with van der Waals surface area (Å²) in [6, 6.07) is 4.90. The Morgan fingerprint density at radius 3 is 2.60 bits per heavy atom. The Kier molecular flexibility index (Phi) is 4.43. The Bertz CT molecular complexity index is 362. The minimum atomic E-state index is -0.0314. The van der Waals surface area contributed by atoms with Crippen molar-refractivity contribution in [2.75, 3.05) is 6.61 Å². The fourth-order valence-electron chi connectivity index (χ4n) is 0.908. The van der Waals surface area contributed by atoms with E-state index in [4.69, 9.17) is 27.9 Å². The number of rotatable bonds is 4. The van der Waals surface area contributed by atoms with Crippen molar-refractivity contribution < 1.29 is 9.53 Å². The first kappa shape index (κ1) is 12.3. The normalized spacial score (nSPS) is 10.5. The van der Waals surface area contributed by atoms with Crippen molar-refractivity contribution in [3.63, 3.8) is 0 Å². The number of carbonyl (C=O) groups is 1. The van der Waals surface area contributed by atoms with E-state index in [-0.39, 0.29) is 18.3 Å². The number of carbonyl (C=O) groups excluding carboxylic acids is 1. The van der Waals surface area contributed by atoms with Crippen LogP contribution in [0.3, 0.4) is 0 Å². The predicted octanol–water partition coefficient (Wildman–Crippen LogP) is 3.60. The molecule has 0 aliphatic rings. The van der Waals surface area contributed by atoms with Gasteiger partial charge in [0, 0.05) is 10.9 Å². The topological polar surface area (TPSA) is 26.3 Å². The van der Waals surface area contributed by atoms with Gasteiger partial charge in [-0.3, -0.25) is 4.79 Å². The highest BCUT2D eigenvalue weighted by molar-refractivity contribution is 6.35. The van der Waals surface area contributed by atoms with E-state index >= 15 is 0 Å². The van der Waals surface area contributed by atoms with Crippen LogP contribution in [0.4, 0.5) is 0 Å². The fraction of sp³-hybridized carbons (Fsp3) is 0.364. The van der Waals surface area contributed by atoms with Crippen LogP contribution < -0.4 is 4.74 Å². The number of ketones is 1. The van der Waals surface area contributed by atoms with Gasteiger partial charge in [0.25, 0.3) is 0 Å². The van der Waals surface area contributed by atoms with Gasteiger partial charge in [0.1, 0.15) is 12.4 Å². The van der Waals surface area contributed by atoms with Gasteiger partial charge in [-0.15, -0.1) is 0 Å². The molecule has 0 aliphatic heterocycles. The molecule has 0 spiro atoms. The summed E-state index contributed by atoms with van der Waals surface area (Å²) < 4.78 is 5.27. The summed E-state index contributed by atoms with van der Waals surface area (Å²) in [6.07, 6.45) is 0. The van der Waals surface area contributed by atoms with Gasteiger partial charge >= 0.3 is 0 Å². The molecule has 0 heterocycles. The van der Waals surface area contributed by atoms with Gasteiger partial charge in [-0.2, -0.15) is 0 Å². The Morgan fingerprint density at radius 2 is 2.07 bits per heavy atom. The Labute approximate surface area is 99.1 Å². The second-order valence-electron chi connectivity index (χ2n) is 3.48. The maximum absolute atomic E-state index is 11.3. The van der Waals surface area contributed by atoms with Crippen LogP contribution in [0.15, 0.2) is 18.2 Å². The lowest BCUT2D eigenvalue weighted by Gasteiger charge is -2.08. The monoisotopic (exact) mass is 246 g/mol. The number of ether oxygens (including phenoxy) is 1. The Balaban J connectivity index is 2.62. The summed E-state index contributed by atoms with van der Waals surface area (Å²) in [4.78, 5) is 11.3. The van der Waals surface area contributed by atoms with Gasteiger partial charge in [0.05, 0.1) is 5.02 Å². The summed E-state index contributed by atoms with van der Waals surface area (Å²) in [6.45, 7) is 3.70. The molecular weight excluding hydrogens is 235 g/mol. The van der Waals surface area contributed by atoms with E-state index in [9.17, 15) is 4.79 Å². The van der Waals surface area contributed by atoms with Crippen LogP contribution >= 0.6 is 23.2 Å². The molecule has 1 rings (SSSR count). The lowest BCUT2D eigenvalue weighted by molar-refractivity contribution is -0.123. The second kappa shape index (κ2) is 5.38. The average Bonchev–Trinajstić information content (AvgIpc) is 2.15. The highest BCUT2D eigenvalue weighted by atomic mass is 35.5. The number of halogens is 2. The molecule has 0 saturated heterocycles. The van der Waals surface area contributed by atoms with Gasteiger partial charge in [-0.25, -0.2) is 0 Å². The molecule has 0 saturated carbocycles. The van der Waals surface area contributed by atoms with Crippen LogP contribution in [0.25, 0.3) is 0 Å². The van der Waals surface area contributed by atoms with E-state index in [0.29, 0.717) is 15.8 Å². The summed E-state index contributed by atoms with van der Waals surface area (Å²) in [5, 5.41) is 0.960. The summed E-state index contributed by atoms with van der Waals surface area (Å²) in [5.74, 6) is 0.493. The lowest BCUT2D eigenvalue weighted by Crippen LogP contribution is -2.16. The molecular formula is C11H12Cl2O2. The van der Waals surface area contributed by atoms with Crippen LogP contribution in [-0.2, 0) is 4.79 Å². The smallest absolute Gasteiger partial charge is 0.172 e. The average molecular weight is 247 g/mol. The van der Waals surface area contributed by atoms with Crippen LogP contribution in [0.2, 0.25) is 10.0 Å². The van der Waals surface area contributed by atoms with Gasteiger partial charge < -0.3 is 4.74 Å². The van der Waals surface area contributed by atoms with E-state index < -0.39 is 0 Å². The zero-order valence-electron chi connectivity index (χ0n) is 8.59. The van der Waals surface area contributed by atoms with Crippen molar-refractivity contribution in [2.24, 2.45) is 5.92 Å². The SMILES string of the molecule is CC(C)C(=O)COc1ccc(Cl)cc1Cl. The molecule has 82 valence electrons. The molecule has 0 radical (unpaired) electrons. The first-order chi connectivity index (χ1) is 7.00. The number of hydrogen-bond acceptors (Lipinski definition) is 2. The predicted molar refractivity (Wildman–Crippen MR) is 61.8 cm³/mol. The Hall–Kier alpha value is -0.730.